The van der Waals surface area contributed by atoms with Gasteiger partial charge in [-0.3, -0.25) is 4.99 Å². The van der Waals surface area contributed by atoms with Crippen molar-refractivity contribution in [2.75, 3.05) is 19.7 Å². The van der Waals surface area contributed by atoms with Crippen molar-refractivity contribution in [3.63, 3.8) is 0 Å². The van der Waals surface area contributed by atoms with E-state index in [9.17, 15) is 22.0 Å². The molecular formula is C16H17F5N2O. The second-order valence-electron chi connectivity index (χ2n) is 5.97. The zero-order chi connectivity index (χ0) is 17.4. The van der Waals surface area contributed by atoms with E-state index < -0.39 is 18.7 Å². The Balaban J connectivity index is 1.90. The van der Waals surface area contributed by atoms with Crippen LogP contribution < -0.4 is 10.1 Å². The maximum Gasteiger partial charge on any atom is 0.456 e. The number of aryl methyl sites for hydroxylation is 2. The Morgan fingerprint density at radius 2 is 1.71 bits per heavy atom. The van der Waals surface area contributed by atoms with Gasteiger partial charge in [-0.25, -0.2) is 0 Å². The zero-order valence-electron chi connectivity index (χ0n) is 12.8. The van der Waals surface area contributed by atoms with E-state index in [1.165, 1.54) is 0 Å². The van der Waals surface area contributed by atoms with Crippen LogP contribution in [0.4, 0.5) is 22.0 Å². The molecule has 0 spiro atoms. The molecule has 0 aromatic heterocycles. The number of alkyl halides is 5. The molecule has 132 valence electrons. The fourth-order valence-electron chi connectivity index (χ4n) is 2.90. The Hall–Kier alpha value is -1.86. The van der Waals surface area contributed by atoms with Gasteiger partial charge in [0, 0.05) is 6.54 Å². The summed E-state index contributed by atoms with van der Waals surface area (Å²) in [6.07, 6.45) is -2.02. The highest BCUT2D eigenvalue weighted by atomic mass is 19.4. The van der Waals surface area contributed by atoms with E-state index in [4.69, 9.17) is 4.74 Å². The van der Waals surface area contributed by atoms with Crippen molar-refractivity contribution in [2.24, 2.45) is 4.99 Å². The Labute approximate surface area is 135 Å². The molecule has 1 aromatic rings. The predicted molar refractivity (Wildman–Crippen MR) is 79.0 cm³/mol. The molecule has 1 aliphatic heterocycles. The Kier molecular flexibility index (Phi) is 4.40. The number of fused-ring (bicyclic) bond motifs is 1. The summed E-state index contributed by atoms with van der Waals surface area (Å²) in [4.78, 5) is 4.22. The molecule has 1 aliphatic carbocycles. The number of aliphatic imine (C=N–C) groups is 1. The first kappa shape index (κ1) is 17.0. The van der Waals surface area contributed by atoms with Gasteiger partial charge in [0.25, 0.3) is 0 Å². The molecule has 0 atom stereocenters. The monoisotopic (exact) mass is 348 g/mol. The molecule has 2 aliphatic rings. The molecule has 0 fully saturated rings. The topological polar surface area (TPSA) is 33.6 Å². The first-order chi connectivity index (χ1) is 11.3. The minimum Gasteiger partial charge on any atom is -0.486 e. The van der Waals surface area contributed by atoms with Crippen LogP contribution in [0.1, 0.15) is 29.5 Å². The predicted octanol–water partition coefficient (Wildman–Crippen LogP) is 3.49. The number of rotatable bonds is 4. The minimum absolute atomic E-state index is 0.0210. The number of halogens is 5. The molecule has 0 amide bonds. The molecule has 0 unspecified atom stereocenters. The van der Waals surface area contributed by atoms with E-state index in [1.54, 1.807) is 12.1 Å². The largest absolute Gasteiger partial charge is 0.486 e. The lowest BCUT2D eigenvalue weighted by Gasteiger charge is -2.23. The first-order valence-corrected chi connectivity index (χ1v) is 7.80. The lowest BCUT2D eigenvalue weighted by molar-refractivity contribution is -0.290. The van der Waals surface area contributed by atoms with Gasteiger partial charge >= 0.3 is 12.1 Å². The third kappa shape index (κ3) is 3.32. The second kappa shape index (κ2) is 6.22. The third-order valence-electron chi connectivity index (χ3n) is 4.20. The van der Waals surface area contributed by atoms with Crippen molar-refractivity contribution in [3.05, 3.63) is 28.8 Å². The van der Waals surface area contributed by atoms with Gasteiger partial charge in [0.15, 0.2) is 6.61 Å². The standard InChI is InChI=1S/C16H17F5N2O/c17-15(18,16(19,20)21)9-24-13-8-11-4-2-1-3-10(11)7-12(13)14-22-5-6-23-14/h7-8H,1-6,9H2,(H,22,23). The number of nitrogens with zero attached hydrogens (tertiary/aromatic N) is 1. The third-order valence-corrected chi connectivity index (χ3v) is 4.20. The van der Waals surface area contributed by atoms with Crippen LogP contribution in [-0.2, 0) is 12.8 Å². The number of nitrogens with one attached hydrogen (secondary N) is 1. The van der Waals surface area contributed by atoms with Gasteiger partial charge in [-0.05, 0) is 48.9 Å². The molecule has 24 heavy (non-hydrogen) atoms. The van der Waals surface area contributed by atoms with Gasteiger partial charge in [0.05, 0.1) is 12.1 Å². The van der Waals surface area contributed by atoms with Crippen LogP contribution in [0.15, 0.2) is 17.1 Å². The normalized spacial score (nSPS) is 18.0. The number of benzene rings is 1. The van der Waals surface area contributed by atoms with Crippen molar-refractivity contribution in [1.82, 2.24) is 5.32 Å². The van der Waals surface area contributed by atoms with Gasteiger partial charge in [0.2, 0.25) is 0 Å². The highest BCUT2D eigenvalue weighted by molar-refractivity contribution is 6.02. The fraction of sp³-hybridized carbons (Fsp3) is 0.562. The lowest BCUT2D eigenvalue weighted by atomic mass is 9.89. The average Bonchev–Trinajstić information content (AvgIpc) is 3.05. The van der Waals surface area contributed by atoms with Crippen LogP contribution >= 0.6 is 0 Å². The summed E-state index contributed by atoms with van der Waals surface area (Å²) in [7, 11) is 0. The molecule has 1 N–H and O–H groups in total. The molecule has 8 heteroatoms. The smallest absolute Gasteiger partial charge is 0.456 e. The summed E-state index contributed by atoms with van der Waals surface area (Å²) >= 11 is 0. The van der Waals surface area contributed by atoms with Gasteiger partial charge in [-0.2, -0.15) is 22.0 Å². The highest BCUT2D eigenvalue weighted by Gasteiger charge is 2.58. The summed E-state index contributed by atoms with van der Waals surface area (Å²) in [5.74, 6) is -4.40. The Morgan fingerprint density at radius 1 is 1.04 bits per heavy atom. The summed E-state index contributed by atoms with van der Waals surface area (Å²) < 4.78 is 68.3. The lowest BCUT2D eigenvalue weighted by Crippen LogP contribution is -2.42. The maximum absolute atomic E-state index is 13.2. The fourth-order valence-corrected chi connectivity index (χ4v) is 2.90. The van der Waals surface area contributed by atoms with E-state index >= 15 is 0 Å². The highest BCUT2D eigenvalue weighted by Crippen LogP contribution is 2.37. The van der Waals surface area contributed by atoms with Gasteiger partial charge in [-0.15, -0.1) is 0 Å². The Morgan fingerprint density at radius 3 is 2.29 bits per heavy atom. The van der Waals surface area contributed by atoms with Gasteiger partial charge < -0.3 is 10.1 Å². The van der Waals surface area contributed by atoms with Gasteiger partial charge in [0.1, 0.15) is 11.6 Å². The molecule has 0 bridgehead atoms. The summed E-state index contributed by atoms with van der Waals surface area (Å²) in [5.41, 5.74) is 2.46. The number of amidine groups is 1. The second-order valence-corrected chi connectivity index (χ2v) is 5.97. The molecular weight excluding hydrogens is 331 g/mol. The molecule has 0 saturated carbocycles. The van der Waals surface area contributed by atoms with Crippen molar-refractivity contribution >= 4 is 5.84 Å². The van der Waals surface area contributed by atoms with Crippen LogP contribution in [-0.4, -0.2) is 37.6 Å². The minimum atomic E-state index is -5.63. The van der Waals surface area contributed by atoms with Crippen LogP contribution in [0, 0.1) is 0 Å². The Bertz CT molecular complexity index is 655. The quantitative estimate of drug-likeness (QED) is 0.845. The van der Waals surface area contributed by atoms with Crippen molar-refractivity contribution in [2.45, 2.75) is 37.8 Å². The summed E-state index contributed by atoms with van der Waals surface area (Å²) in [6, 6.07) is 3.38. The van der Waals surface area contributed by atoms with E-state index in [0.717, 1.165) is 36.8 Å². The van der Waals surface area contributed by atoms with Crippen molar-refractivity contribution in [3.8, 4) is 5.75 Å². The van der Waals surface area contributed by atoms with E-state index in [2.05, 4.69) is 10.3 Å². The van der Waals surface area contributed by atoms with Crippen LogP contribution in [0.3, 0.4) is 0 Å². The van der Waals surface area contributed by atoms with Crippen LogP contribution in [0.2, 0.25) is 0 Å². The van der Waals surface area contributed by atoms with Crippen molar-refractivity contribution in [1.29, 1.82) is 0 Å². The molecule has 3 rings (SSSR count). The molecule has 1 aromatic carbocycles. The number of hydrogen-bond acceptors (Lipinski definition) is 3. The summed E-state index contributed by atoms with van der Waals surface area (Å²) in [5, 5.41) is 3.01. The average molecular weight is 348 g/mol. The number of ether oxygens (including phenoxy) is 1. The first-order valence-electron chi connectivity index (χ1n) is 7.80. The van der Waals surface area contributed by atoms with Crippen LogP contribution in [0.5, 0.6) is 5.75 Å². The number of hydrogen-bond donors (Lipinski definition) is 1. The molecule has 0 saturated heterocycles. The molecule has 3 nitrogen and oxygen atoms in total. The van der Waals surface area contributed by atoms with E-state index in [1.807, 2.05) is 0 Å². The van der Waals surface area contributed by atoms with Gasteiger partial charge in [-0.1, -0.05) is 0 Å². The van der Waals surface area contributed by atoms with Crippen LogP contribution in [0.25, 0.3) is 0 Å². The zero-order valence-corrected chi connectivity index (χ0v) is 12.8. The maximum atomic E-state index is 13.2. The summed E-state index contributed by atoms with van der Waals surface area (Å²) in [6.45, 7) is -0.606. The van der Waals surface area contributed by atoms with Crippen molar-refractivity contribution < 1.29 is 26.7 Å². The van der Waals surface area contributed by atoms with E-state index in [0.29, 0.717) is 24.5 Å². The molecule has 1 heterocycles. The SMILES string of the molecule is FC(F)(F)C(F)(F)COc1cc2c(cc1C1=NCCN1)CCCC2. The molecule has 0 radical (unpaired) electrons. The van der Waals surface area contributed by atoms with E-state index in [-0.39, 0.29) is 5.75 Å².